The molecule has 1 heterocycles. The number of likely N-dealkylation sites (tertiary alicyclic amines) is 1. The molecular weight excluding hydrogens is 574 g/mol. The number of aryl methyl sites for hydroxylation is 3. The molecule has 2 atom stereocenters. The van der Waals surface area contributed by atoms with Gasteiger partial charge in [-0.15, -0.1) is 0 Å². The first kappa shape index (κ1) is 29.3. The number of amides is 1. The summed E-state index contributed by atoms with van der Waals surface area (Å²) in [6, 6.07) is 20.2. The number of para-hydroxylation sites is 1. The number of rotatable bonds is 9. The number of Topliss-reactive ketones (excluding diaryl/α,β-unsaturated/α-hetero) is 1. The summed E-state index contributed by atoms with van der Waals surface area (Å²) in [7, 11) is 0. The summed E-state index contributed by atoms with van der Waals surface area (Å²) < 4.78 is 12.3. The molecule has 3 aromatic carbocycles. The number of halogens is 1. The smallest absolute Gasteiger partial charge is 0.415 e. The van der Waals surface area contributed by atoms with Crippen molar-refractivity contribution in [1.29, 1.82) is 0 Å². The molecule has 210 valence electrons. The van der Waals surface area contributed by atoms with Crippen LogP contribution in [-0.2, 0) is 11.2 Å². The van der Waals surface area contributed by atoms with E-state index in [1.165, 1.54) is 13.8 Å². The third kappa shape index (κ3) is 6.91. The summed E-state index contributed by atoms with van der Waals surface area (Å²) in [5, 5.41) is 9.46. The van der Waals surface area contributed by atoms with Gasteiger partial charge in [-0.05, 0) is 87.4 Å². The molecule has 1 saturated heterocycles. The van der Waals surface area contributed by atoms with Gasteiger partial charge in [-0.2, -0.15) is 0 Å². The average Bonchev–Trinajstić information content (AvgIpc) is 3.34. The minimum absolute atomic E-state index is 0.0134. The molecule has 0 spiro atoms. The van der Waals surface area contributed by atoms with E-state index < -0.39 is 17.7 Å². The minimum atomic E-state index is -1.35. The molecule has 0 aliphatic carbocycles. The van der Waals surface area contributed by atoms with E-state index >= 15 is 0 Å². The lowest BCUT2D eigenvalue weighted by atomic mass is 9.84. The van der Waals surface area contributed by atoms with E-state index in [2.05, 4.69) is 15.9 Å². The monoisotopic (exact) mass is 607 g/mol. The third-order valence-electron chi connectivity index (χ3n) is 7.31. The van der Waals surface area contributed by atoms with E-state index in [1.54, 1.807) is 41.3 Å². The molecule has 1 aliphatic heterocycles. The molecule has 0 bridgehead atoms. The van der Waals surface area contributed by atoms with Crippen molar-refractivity contribution in [2.75, 3.05) is 13.1 Å². The number of ether oxygens (including phenoxy) is 2. The Bertz CT molecular complexity index is 1360. The number of carboxylic acid groups (broad SMARTS) is 1. The first-order chi connectivity index (χ1) is 18.9. The molecule has 0 saturated carbocycles. The Kier molecular flexibility index (Phi) is 8.98. The van der Waals surface area contributed by atoms with Crippen LogP contribution in [0.1, 0.15) is 47.3 Å². The number of carboxylic acids is 1. The molecule has 4 rings (SSSR count). The Morgan fingerprint density at radius 2 is 1.60 bits per heavy atom. The molecule has 0 radical (unpaired) electrons. The van der Waals surface area contributed by atoms with Crippen LogP contribution in [0.3, 0.4) is 0 Å². The van der Waals surface area contributed by atoms with Crippen LogP contribution in [0.15, 0.2) is 71.2 Å². The number of hydrogen-bond donors (Lipinski definition) is 1. The van der Waals surface area contributed by atoms with Gasteiger partial charge in [0, 0.05) is 29.0 Å². The summed E-state index contributed by atoms with van der Waals surface area (Å²) in [6.07, 6.45) is 0.930. The summed E-state index contributed by atoms with van der Waals surface area (Å²) in [4.78, 5) is 39.8. The van der Waals surface area contributed by atoms with Crippen molar-refractivity contribution >= 4 is 33.8 Å². The fourth-order valence-corrected chi connectivity index (χ4v) is 5.35. The van der Waals surface area contributed by atoms with Gasteiger partial charge < -0.3 is 19.5 Å². The first-order valence-corrected chi connectivity index (χ1v) is 14.1. The number of hydrogen-bond acceptors (Lipinski definition) is 5. The van der Waals surface area contributed by atoms with Gasteiger partial charge in [0.2, 0.25) is 0 Å². The maximum absolute atomic E-state index is 13.6. The van der Waals surface area contributed by atoms with Crippen LogP contribution in [0.5, 0.6) is 11.5 Å². The van der Waals surface area contributed by atoms with Crippen LogP contribution < -0.4 is 9.47 Å². The van der Waals surface area contributed by atoms with Crippen molar-refractivity contribution < 1.29 is 29.0 Å². The maximum atomic E-state index is 13.6. The van der Waals surface area contributed by atoms with Crippen molar-refractivity contribution in [3.63, 3.8) is 0 Å². The lowest BCUT2D eigenvalue weighted by Crippen LogP contribution is -2.38. The Labute approximate surface area is 243 Å². The zero-order valence-corrected chi connectivity index (χ0v) is 24.7. The zero-order chi connectivity index (χ0) is 29.0. The van der Waals surface area contributed by atoms with Gasteiger partial charge in [0.15, 0.2) is 11.4 Å². The van der Waals surface area contributed by atoms with Gasteiger partial charge in [-0.25, -0.2) is 9.59 Å². The van der Waals surface area contributed by atoms with Gasteiger partial charge >= 0.3 is 12.1 Å². The predicted octanol–water partition coefficient (Wildman–Crippen LogP) is 6.87. The highest BCUT2D eigenvalue weighted by molar-refractivity contribution is 9.10. The normalized spacial score (nSPS) is 17.0. The summed E-state index contributed by atoms with van der Waals surface area (Å²) >= 11 is 3.42. The standard InChI is InChI=1S/C32H34BrNO6/c1-20-16-22(17-21(2)29(20)40-32(3,4)30(36)37)10-11-24-18-34(31(38)39-26-8-6-5-7-9-26)19-27(24)28(35)23-12-14-25(33)15-13-23/h5-9,12-17,24,27H,10-11,18-19H2,1-4H3,(H,36,37)/t24-,27-/m0/s1. The number of carbonyl (C=O) groups excluding carboxylic acids is 2. The van der Waals surface area contributed by atoms with Crippen molar-refractivity contribution in [2.45, 2.75) is 46.1 Å². The van der Waals surface area contributed by atoms with Crippen LogP contribution in [0.25, 0.3) is 0 Å². The maximum Gasteiger partial charge on any atom is 0.415 e. The van der Waals surface area contributed by atoms with Crippen molar-refractivity contribution in [3.05, 3.63) is 93.5 Å². The SMILES string of the molecule is Cc1cc(CC[C@H]2CN(C(=O)Oc3ccccc3)C[C@@H]2C(=O)c2ccc(Br)cc2)cc(C)c1OC(C)(C)C(=O)O. The van der Waals surface area contributed by atoms with Gasteiger partial charge in [-0.3, -0.25) is 4.79 Å². The number of benzene rings is 3. The lowest BCUT2D eigenvalue weighted by Gasteiger charge is -2.25. The summed E-state index contributed by atoms with van der Waals surface area (Å²) in [6.45, 7) is 7.57. The van der Waals surface area contributed by atoms with E-state index in [0.29, 0.717) is 43.0 Å². The van der Waals surface area contributed by atoms with Crippen LogP contribution in [-0.4, -0.2) is 46.5 Å². The average molecular weight is 609 g/mol. The fraction of sp³-hybridized carbons (Fsp3) is 0.344. The fourth-order valence-electron chi connectivity index (χ4n) is 5.09. The van der Waals surface area contributed by atoms with E-state index in [0.717, 1.165) is 21.2 Å². The molecule has 1 aliphatic rings. The first-order valence-electron chi connectivity index (χ1n) is 13.3. The Hall–Kier alpha value is -3.65. The molecular formula is C32H34BrNO6. The van der Waals surface area contributed by atoms with Crippen LogP contribution in [0, 0.1) is 25.7 Å². The topological polar surface area (TPSA) is 93.1 Å². The van der Waals surface area contributed by atoms with Crippen molar-refractivity contribution in [1.82, 2.24) is 4.90 Å². The molecule has 7 nitrogen and oxygen atoms in total. The van der Waals surface area contributed by atoms with Gasteiger partial charge in [0.25, 0.3) is 0 Å². The Morgan fingerprint density at radius 1 is 0.975 bits per heavy atom. The zero-order valence-electron chi connectivity index (χ0n) is 23.1. The van der Waals surface area contributed by atoms with E-state index in [4.69, 9.17) is 9.47 Å². The number of nitrogens with zero attached hydrogens (tertiary/aromatic N) is 1. The highest BCUT2D eigenvalue weighted by atomic mass is 79.9. The highest BCUT2D eigenvalue weighted by Gasteiger charge is 2.40. The van der Waals surface area contributed by atoms with Crippen LogP contribution in [0.2, 0.25) is 0 Å². The summed E-state index contributed by atoms with van der Waals surface area (Å²) in [5.74, 6) is -0.401. The molecule has 3 aromatic rings. The molecule has 40 heavy (non-hydrogen) atoms. The van der Waals surface area contributed by atoms with Crippen molar-refractivity contribution in [2.24, 2.45) is 11.8 Å². The van der Waals surface area contributed by atoms with Crippen LogP contribution in [0.4, 0.5) is 4.79 Å². The second-order valence-corrected chi connectivity index (χ2v) is 11.8. The quantitative estimate of drug-likeness (QED) is 0.267. The number of carbonyl (C=O) groups is 3. The molecule has 8 heteroatoms. The van der Waals surface area contributed by atoms with Gasteiger partial charge in [0.1, 0.15) is 11.5 Å². The minimum Gasteiger partial charge on any atom is -0.478 e. The van der Waals surface area contributed by atoms with E-state index in [9.17, 15) is 19.5 Å². The van der Waals surface area contributed by atoms with Crippen molar-refractivity contribution in [3.8, 4) is 11.5 Å². The van der Waals surface area contributed by atoms with Crippen LogP contribution >= 0.6 is 15.9 Å². The molecule has 1 amide bonds. The predicted molar refractivity (Wildman–Crippen MR) is 156 cm³/mol. The molecule has 1 N–H and O–H groups in total. The number of ketones is 1. The lowest BCUT2D eigenvalue weighted by molar-refractivity contribution is -0.152. The second kappa shape index (κ2) is 12.3. The van der Waals surface area contributed by atoms with Gasteiger partial charge in [0.05, 0.1) is 0 Å². The second-order valence-electron chi connectivity index (χ2n) is 10.8. The third-order valence-corrected chi connectivity index (χ3v) is 7.84. The van der Waals surface area contributed by atoms with E-state index in [1.807, 2.05) is 44.2 Å². The number of aliphatic carboxylic acids is 1. The van der Waals surface area contributed by atoms with Gasteiger partial charge in [-0.1, -0.05) is 58.4 Å². The molecule has 0 unspecified atom stereocenters. The summed E-state index contributed by atoms with van der Waals surface area (Å²) in [5.41, 5.74) is 2.04. The molecule has 0 aromatic heterocycles. The Balaban J connectivity index is 1.51. The largest absolute Gasteiger partial charge is 0.478 e. The Morgan fingerprint density at radius 3 is 2.20 bits per heavy atom. The highest BCUT2D eigenvalue weighted by Crippen LogP contribution is 2.34. The van der Waals surface area contributed by atoms with E-state index in [-0.39, 0.29) is 17.6 Å². The molecule has 1 fully saturated rings.